The van der Waals surface area contributed by atoms with E-state index in [0.29, 0.717) is 23.3 Å². The molecule has 0 radical (unpaired) electrons. The van der Waals surface area contributed by atoms with Crippen LogP contribution in [0, 0.1) is 11.6 Å². The van der Waals surface area contributed by atoms with Gasteiger partial charge in [0.15, 0.2) is 18.1 Å². The van der Waals surface area contributed by atoms with E-state index >= 15 is 0 Å². The van der Waals surface area contributed by atoms with Gasteiger partial charge in [-0.25, -0.2) is 8.78 Å². The number of nitrogens with one attached hydrogen (secondary N) is 2. The predicted octanol–water partition coefficient (Wildman–Crippen LogP) is 2.27. The molecule has 8 nitrogen and oxygen atoms in total. The average molecular weight is 377 g/mol. The van der Waals surface area contributed by atoms with Gasteiger partial charge in [-0.2, -0.15) is 0 Å². The molecule has 10 heteroatoms. The molecule has 2 aromatic rings. The van der Waals surface area contributed by atoms with Gasteiger partial charge >= 0.3 is 0 Å². The molecular weight excluding hydrogens is 364 g/mol. The molecule has 0 atom stereocenters. The van der Waals surface area contributed by atoms with E-state index in [1.165, 1.54) is 0 Å². The summed E-state index contributed by atoms with van der Waals surface area (Å²) in [6.45, 7) is -0.336. The molecule has 27 heavy (non-hydrogen) atoms. The second kappa shape index (κ2) is 8.13. The number of nitrogens with zero attached hydrogens (tertiary/aromatic N) is 1. The van der Waals surface area contributed by atoms with Crippen molar-refractivity contribution in [3.05, 3.63) is 48.0 Å². The van der Waals surface area contributed by atoms with Crippen LogP contribution in [0.4, 0.5) is 20.2 Å². The normalized spacial score (nSPS) is 12.1. The first-order valence-corrected chi connectivity index (χ1v) is 7.62. The van der Waals surface area contributed by atoms with Crippen LogP contribution in [-0.2, 0) is 14.4 Å². The van der Waals surface area contributed by atoms with Gasteiger partial charge in [-0.15, -0.1) is 0 Å². The van der Waals surface area contributed by atoms with Crippen molar-refractivity contribution in [1.29, 1.82) is 0 Å². The number of amides is 2. The Balaban J connectivity index is 1.43. The van der Waals surface area contributed by atoms with Gasteiger partial charge in [0.2, 0.25) is 6.79 Å². The fourth-order valence-electron chi connectivity index (χ4n) is 2.11. The molecule has 0 saturated heterocycles. The summed E-state index contributed by atoms with van der Waals surface area (Å²) in [6.07, 6.45) is 0.719. The topological polar surface area (TPSA) is 98.2 Å². The lowest BCUT2D eigenvalue weighted by atomic mass is 10.3. The minimum absolute atomic E-state index is 0.119. The number of rotatable bonds is 6. The van der Waals surface area contributed by atoms with Gasteiger partial charge in [0, 0.05) is 17.8 Å². The van der Waals surface area contributed by atoms with Crippen LogP contribution in [-0.4, -0.2) is 31.4 Å². The summed E-state index contributed by atoms with van der Waals surface area (Å²) in [4.78, 5) is 28.0. The Morgan fingerprint density at radius 2 is 1.93 bits per heavy atom. The zero-order chi connectivity index (χ0) is 19.2. The molecule has 0 aliphatic carbocycles. The molecule has 3 rings (SSSR count). The fraction of sp³-hybridized carbons (Fsp3) is 0.118. The lowest BCUT2D eigenvalue weighted by molar-refractivity contribution is -0.120. The van der Waals surface area contributed by atoms with Gasteiger partial charge in [0.1, 0.15) is 17.8 Å². The first-order valence-electron chi connectivity index (χ1n) is 7.62. The Morgan fingerprint density at radius 1 is 1.11 bits per heavy atom. The molecule has 2 N–H and O–H groups in total. The highest BCUT2D eigenvalue weighted by Crippen LogP contribution is 2.34. The van der Waals surface area contributed by atoms with Gasteiger partial charge in [-0.3, -0.25) is 9.59 Å². The smallest absolute Gasteiger partial charge is 0.270 e. The number of hydrogen-bond acceptors (Lipinski definition) is 6. The number of fused-ring (bicyclic) bond motifs is 1. The summed E-state index contributed by atoms with van der Waals surface area (Å²) < 4.78 is 36.5. The molecule has 0 spiro atoms. The third kappa shape index (κ3) is 4.91. The zero-order valence-electron chi connectivity index (χ0n) is 13.7. The molecule has 1 aliphatic rings. The van der Waals surface area contributed by atoms with E-state index in [1.807, 2.05) is 0 Å². The highest BCUT2D eigenvalue weighted by molar-refractivity contribution is 6.31. The van der Waals surface area contributed by atoms with Crippen LogP contribution in [0.15, 0.2) is 41.6 Å². The van der Waals surface area contributed by atoms with Crippen molar-refractivity contribution in [1.82, 2.24) is 0 Å². The van der Waals surface area contributed by atoms with Crippen molar-refractivity contribution in [2.24, 2.45) is 5.16 Å². The van der Waals surface area contributed by atoms with E-state index < -0.39 is 30.1 Å². The van der Waals surface area contributed by atoms with Crippen molar-refractivity contribution in [3.8, 4) is 11.5 Å². The van der Waals surface area contributed by atoms with Crippen LogP contribution in [0.3, 0.4) is 0 Å². The lowest BCUT2D eigenvalue weighted by Crippen LogP contribution is -2.18. The largest absolute Gasteiger partial charge is 0.454 e. The third-order valence-corrected chi connectivity index (χ3v) is 3.29. The second-order valence-corrected chi connectivity index (χ2v) is 5.24. The Kier molecular flexibility index (Phi) is 5.45. The van der Waals surface area contributed by atoms with Crippen molar-refractivity contribution < 1.29 is 32.7 Å². The summed E-state index contributed by atoms with van der Waals surface area (Å²) >= 11 is 0. The number of halogens is 2. The lowest BCUT2D eigenvalue weighted by Gasteiger charge is -2.05. The Bertz CT molecular complexity index is 904. The summed E-state index contributed by atoms with van der Waals surface area (Å²) in [6, 6.07) is 7.55. The summed E-state index contributed by atoms with van der Waals surface area (Å²) in [5, 5.41) is 8.02. The van der Waals surface area contributed by atoms with Gasteiger partial charge in [-0.1, -0.05) is 5.16 Å². The molecule has 140 valence electrons. The van der Waals surface area contributed by atoms with Crippen molar-refractivity contribution in [2.75, 3.05) is 24.0 Å². The number of oxime groups is 1. The maximum Gasteiger partial charge on any atom is 0.270 e. The maximum atomic E-state index is 13.4. The van der Waals surface area contributed by atoms with E-state index in [1.54, 1.807) is 18.2 Å². The van der Waals surface area contributed by atoms with E-state index in [4.69, 9.17) is 14.3 Å². The van der Waals surface area contributed by atoms with Crippen molar-refractivity contribution in [3.63, 3.8) is 0 Å². The number of carbonyl (C=O) groups is 2. The number of anilines is 2. The van der Waals surface area contributed by atoms with Crippen LogP contribution in [0.5, 0.6) is 11.5 Å². The Morgan fingerprint density at radius 3 is 2.74 bits per heavy atom. The maximum absolute atomic E-state index is 13.4. The van der Waals surface area contributed by atoms with E-state index in [2.05, 4.69) is 15.8 Å². The highest BCUT2D eigenvalue weighted by atomic mass is 19.1. The number of carbonyl (C=O) groups excluding carboxylic acids is 2. The molecule has 2 aromatic carbocycles. The first kappa shape index (κ1) is 18.1. The monoisotopic (exact) mass is 377 g/mol. The van der Waals surface area contributed by atoms with Gasteiger partial charge in [0.05, 0.1) is 5.69 Å². The molecule has 1 heterocycles. The molecule has 0 saturated carbocycles. The average Bonchev–Trinajstić information content (AvgIpc) is 3.09. The Hall–Kier alpha value is -3.69. The van der Waals surface area contributed by atoms with Gasteiger partial charge in [0.25, 0.3) is 11.8 Å². The van der Waals surface area contributed by atoms with Crippen LogP contribution in [0.2, 0.25) is 0 Å². The van der Waals surface area contributed by atoms with Crippen molar-refractivity contribution in [2.45, 2.75) is 0 Å². The van der Waals surface area contributed by atoms with E-state index in [0.717, 1.165) is 18.3 Å². The van der Waals surface area contributed by atoms with Crippen LogP contribution < -0.4 is 20.1 Å². The minimum Gasteiger partial charge on any atom is -0.454 e. The van der Waals surface area contributed by atoms with Crippen LogP contribution >= 0.6 is 0 Å². The minimum atomic E-state index is -0.930. The van der Waals surface area contributed by atoms with Crippen LogP contribution in [0.1, 0.15) is 0 Å². The standard InChI is InChI=1S/C17H13F2N3O5/c18-10-1-3-13(12(19)5-10)22-16(23)7-20-27-8-17(24)21-11-2-4-14-15(6-11)26-9-25-14/h1-7H,8-9H2,(H,21,24)(H,22,23). The first-order chi connectivity index (χ1) is 13.0. The van der Waals surface area contributed by atoms with Gasteiger partial charge in [-0.05, 0) is 24.3 Å². The molecule has 0 fully saturated rings. The van der Waals surface area contributed by atoms with Crippen LogP contribution in [0.25, 0.3) is 0 Å². The Labute approximate surface area is 151 Å². The SMILES string of the molecule is O=C(C=NOCC(=O)Nc1ccc2c(c1)OCO2)Nc1ccc(F)cc1F. The zero-order valence-corrected chi connectivity index (χ0v) is 13.7. The number of ether oxygens (including phenoxy) is 2. The quantitative estimate of drug-likeness (QED) is 0.595. The molecule has 2 amide bonds. The summed E-state index contributed by atoms with van der Waals surface area (Å²) in [5.41, 5.74) is 0.259. The van der Waals surface area contributed by atoms with Gasteiger partial charge < -0.3 is 24.9 Å². The highest BCUT2D eigenvalue weighted by Gasteiger charge is 2.14. The summed E-state index contributed by atoms with van der Waals surface area (Å²) in [7, 11) is 0. The molecule has 0 unspecified atom stereocenters. The number of hydrogen-bond donors (Lipinski definition) is 2. The molecule has 1 aliphatic heterocycles. The second-order valence-electron chi connectivity index (χ2n) is 5.24. The molecular formula is C17H13F2N3O5. The van der Waals surface area contributed by atoms with E-state index in [-0.39, 0.29) is 12.5 Å². The number of benzene rings is 2. The van der Waals surface area contributed by atoms with Crippen molar-refractivity contribution >= 4 is 29.4 Å². The fourth-order valence-corrected chi connectivity index (χ4v) is 2.11. The molecule has 0 bridgehead atoms. The summed E-state index contributed by atoms with van der Waals surface area (Å²) in [5.74, 6) is -1.93. The molecule has 0 aromatic heterocycles. The third-order valence-electron chi connectivity index (χ3n) is 3.29. The predicted molar refractivity (Wildman–Crippen MR) is 90.6 cm³/mol. The van der Waals surface area contributed by atoms with E-state index in [9.17, 15) is 18.4 Å².